The minimum Gasteiger partial charge on any atom is -0.484 e. The maximum absolute atomic E-state index is 13.2. The molecule has 7 nitrogen and oxygen atoms in total. The van der Waals surface area contributed by atoms with E-state index in [0.29, 0.717) is 12.2 Å². The fourth-order valence-electron chi connectivity index (χ4n) is 2.89. The van der Waals surface area contributed by atoms with Crippen molar-refractivity contribution in [3.8, 4) is 5.75 Å². The van der Waals surface area contributed by atoms with Crippen LogP contribution in [0.4, 0.5) is 0 Å². The van der Waals surface area contributed by atoms with Crippen LogP contribution in [0, 0.1) is 0 Å². The van der Waals surface area contributed by atoms with Crippen LogP contribution in [0.5, 0.6) is 5.75 Å². The van der Waals surface area contributed by atoms with Crippen molar-refractivity contribution in [2.75, 3.05) is 0 Å². The number of carbonyl (C=O) groups excluding carboxylic acids is 2. The number of carboxylic acids is 1. The highest BCUT2D eigenvalue weighted by atomic mass is 28.3. The predicted octanol–water partition coefficient (Wildman–Crippen LogP) is 2.98. The number of aliphatic carboxylic acids is 1. The molecule has 2 rings (SSSR count). The van der Waals surface area contributed by atoms with E-state index in [-0.39, 0.29) is 35.7 Å². The van der Waals surface area contributed by atoms with Crippen LogP contribution in [0.3, 0.4) is 0 Å². The summed E-state index contributed by atoms with van der Waals surface area (Å²) in [4.78, 5) is 35.9. The summed E-state index contributed by atoms with van der Waals surface area (Å²) in [6.07, 6.45) is 0.514. The second-order valence-corrected chi connectivity index (χ2v) is 14.3. The van der Waals surface area contributed by atoms with Gasteiger partial charge in [0.1, 0.15) is 13.8 Å². The predicted molar refractivity (Wildman–Crippen MR) is 108 cm³/mol. The molecule has 0 radical (unpaired) electrons. The molecule has 0 aliphatic carbocycles. The Morgan fingerprint density at radius 3 is 2.39 bits per heavy atom. The molecule has 1 saturated heterocycles. The van der Waals surface area contributed by atoms with Crippen LogP contribution in [0.2, 0.25) is 18.1 Å². The zero-order valence-corrected chi connectivity index (χ0v) is 18.2. The largest absolute Gasteiger partial charge is 0.484 e. The fraction of sp³-hybridized carbons (Fsp3) is 0.550. The second kappa shape index (κ2) is 8.34. The Hall–Kier alpha value is -2.35. The SMILES string of the molecule is CC(C)(C)[Si](C)(C)C(Oc1ccccc1)C(=O)NN1C(=O)C[C@H]1CCC(=O)O. The standard InChI is InChI=1S/C20H30N2O5Si/c1-20(2,3)28(4,5)19(27-15-9-7-6-8-10-15)18(26)21-22-14(13-16(22)23)11-12-17(24)25/h6-10,14,19H,11-13H2,1-5H3,(H,21,26)(H,24,25)/t14-,19?/m1/s1. The normalized spacial score (nSPS) is 18.2. The lowest BCUT2D eigenvalue weighted by Gasteiger charge is -2.44. The molecule has 0 bridgehead atoms. The Balaban J connectivity index is 2.19. The first-order valence-corrected chi connectivity index (χ1v) is 12.6. The number of hydrogen-bond acceptors (Lipinski definition) is 4. The summed E-state index contributed by atoms with van der Waals surface area (Å²) in [6, 6.07) is 8.88. The Labute approximate surface area is 167 Å². The van der Waals surface area contributed by atoms with Gasteiger partial charge in [0.2, 0.25) is 5.91 Å². The molecule has 2 N–H and O–H groups in total. The third kappa shape index (κ3) is 4.92. The third-order valence-electron chi connectivity index (χ3n) is 5.79. The number of rotatable bonds is 8. The first-order chi connectivity index (χ1) is 12.9. The van der Waals surface area contributed by atoms with E-state index < -0.39 is 19.8 Å². The molecular formula is C20H30N2O5Si. The van der Waals surface area contributed by atoms with Gasteiger partial charge in [-0.15, -0.1) is 0 Å². The number of benzene rings is 1. The first-order valence-electron chi connectivity index (χ1n) is 9.49. The van der Waals surface area contributed by atoms with Crippen molar-refractivity contribution < 1.29 is 24.2 Å². The molecule has 1 aromatic carbocycles. The summed E-state index contributed by atoms with van der Waals surface area (Å²) in [5, 5.41) is 10.0. The van der Waals surface area contributed by atoms with E-state index in [9.17, 15) is 14.4 Å². The fourth-order valence-corrected chi connectivity index (χ4v) is 4.83. The number of ether oxygens (including phenoxy) is 1. The summed E-state index contributed by atoms with van der Waals surface area (Å²) in [6.45, 7) is 10.5. The smallest absolute Gasteiger partial charge is 0.303 e. The van der Waals surface area contributed by atoms with Crippen LogP contribution in [-0.4, -0.2) is 47.7 Å². The van der Waals surface area contributed by atoms with Crippen LogP contribution in [0.1, 0.15) is 40.0 Å². The van der Waals surface area contributed by atoms with Crippen LogP contribution >= 0.6 is 0 Å². The van der Waals surface area contributed by atoms with Gasteiger partial charge in [-0.25, -0.2) is 0 Å². The Bertz CT molecular complexity index is 730. The van der Waals surface area contributed by atoms with E-state index in [2.05, 4.69) is 39.3 Å². The molecule has 28 heavy (non-hydrogen) atoms. The molecule has 154 valence electrons. The molecule has 8 heteroatoms. The molecule has 0 aromatic heterocycles. The number of carbonyl (C=O) groups is 3. The Kier molecular flexibility index (Phi) is 6.54. The maximum atomic E-state index is 13.2. The van der Waals surface area contributed by atoms with Crippen molar-refractivity contribution in [3.05, 3.63) is 30.3 Å². The molecule has 1 aliphatic heterocycles. The zero-order chi connectivity index (χ0) is 21.1. The van der Waals surface area contributed by atoms with Gasteiger partial charge in [0.25, 0.3) is 5.91 Å². The average molecular weight is 407 g/mol. The first kappa shape index (κ1) is 21.9. The molecule has 1 fully saturated rings. The molecule has 1 unspecified atom stereocenters. The maximum Gasteiger partial charge on any atom is 0.303 e. The number of carboxylic acid groups (broad SMARTS) is 1. The molecule has 2 atom stereocenters. The monoisotopic (exact) mass is 406 g/mol. The number of hydrogen-bond donors (Lipinski definition) is 2. The van der Waals surface area contributed by atoms with Gasteiger partial charge >= 0.3 is 5.97 Å². The lowest BCUT2D eigenvalue weighted by molar-refractivity contribution is -0.159. The number of para-hydroxylation sites is 1. The highest BCUT2D eigenvalue weighted by Gasteiger charge is 2.49. The quantitative estimate of drug-likeness (QED) is 0.511. The van der Waals surface area contributed by atoms with Crippen molar-refractivity contribution >= 4 is 25.9 Å². The minimum atomic E-state index is -2.28. The molecule has 2 amide bonds. The van der Waals surface area contributed by atoms with Crippen LogP contribution in [-0.2, 0) is 14.4 Å². The lowest BCUT2D eigenvalue weighted by atomic mass is 9.99. The van der Waals surface area contributed by atoms with Gasteiger partial charge in [0.05, 0.1) is 12.5 Å². The highest BCUT2D eigenvalue weighted by Crippen LogP contribution is 2.39. The summed E-state index contributed by atoms with van der Waals surface area (Å²) < 4.78 is 6.12. The Morgan fingerprint density at radius 2 is 1.89 bits per heavy atom. The second-order valence-electron chi connectivity index (χ2n) is 8.81. The van der Waals surface area contributed by atoms with Gasteiger partial charge in [-0.2, -0.15) is 0 Å². The minimum absolute atomic E-state index is 0.0451. The molecule has 1 aromatic rings. The summed E-state index contributed by atoms with van der Waals surface area (Å²) in [5.41, 5.74) is 2.00. The molecular weight excluding hydrogens is 376 g/mol. The van der Waals surface area contributed by atoms with Gasteiger partial charge < -0.3 is 9.84 Å². The van der Waals surface area contributed by atoms with E-state index >= 15 is 0 Å². The van der Waals surface area contributed by atoms with Crippen LogP contribution in [0.25, 0.3) is 0 Å². The molecule has 0 spiro atoms. The zero-order valence-electron chi connectivity index (χ0n) is 17.2. The molecule has 0 saturated carbocycles. The summed E-state index contributed by atoms with van der Waals surface area (Å²) in [7, 11) is -2.28. The average Bonchev–Trinajstić information content (AvgIpc) is 2.60. The van der Waals surface area contributed by atoms with Crippen molar-refractivity contribution in [3.63, 3.8) is 0 Å². The van der Waals surface area contributed by atoms with E-state index in [4.69, 9.17) is 9.84 Å². The van der Waals surface area contributed by atoms with E-state index in [1.165, 1.54) is 5.01 Å². The van der Waals surface area contributed by atoms with Gasteiger partial charge in [-0.05, 0) is 23.6 Å². The molecule has 1 aliphatic rings. The van der Waals surface area contributed by atoms with Crippen LogP contribution in [0.15, 0.2) is 30.3 Å². The Morgan fingerprint density at radius 1 is 1.29 bits per heavy atom. The van der Waals surface area contributed by atoms with Crippen molar-refractivity contribution in [2.45, 2.75) is 69.9 Å². The number of nitrogens with zero attached hydrogens (tertiary/aromatic N) is 1. The summed E-state index contributed by atoms with van der Waals surface area (Å²) in [5.74, 6) is -0.886. The van der Waals surface area contributed by atoms with Crippen molar-refractivity contribution in [2.24, 2.45) is 0 Å². The highest BCUT2D eigenvalue weighted by molar-refractivity contribution is 6.84. The van der Waals surface area contributed by atoms with Crippen molar-refractivity contribution in [1.82, 2.24) is 10.4 Å². The van der Waals surface area contributed by atoms with E-state index in [1.807, 2.05) is 18.2 Å². The third-order valence-corrected chi connectivity index (χ3v) is 11.3. The number of hydrazine groups is 1. The van der Waals surface area contributed by atoms with Gasteiger partial charge in [0.15, 0.2) is 5.73 Å². The van der Waals surface area contributed by atoms with E-state index in [0.717, 1.165) is 0 Å². The van der Waals surface area contributed by atoms with E-state index in [1.54, 1.807) is 12.1 Å². The topological polar surface area (TPSA) is 95.9 Å². The lowest BCUT2D eigenvalue weighted by Crippen LogP contribution is -2.66. The van der Waals surface area contributed by atoms with Gasteiger partial charge in [0, 0.05) is 6.42 Å². The number of amides is 2. The van der Waals surface area contributed by atoms with Crippen molar-refractivity contribution in [1.29, 1.82) is 0 Å². The number of nitrogens with one attached hydrogen (secondary N) is 1. The van der Waals surface area contributed by atoms with Gasteiger partial charge in [-0.3, -0.25) is 24.8 Å². The number of β-lactam (4-membered cyclic amide) rings is 1. The van der Waals surface area contributed by atoms with Gasteiger partial charge in [-0.1, -0.05) is 52.1 Å². The summed E-state index contributed by atoms with van der Waals surface area (Å²) >= 11 is 0. The molecule has 1 heterocycles. The van der Waals surface area contributed by atoms with Crippen LogP contribution < -0.4 is 10.2 Å².